The van der Waals surface area contributed by atoms with E-state index in [9.17, 15) is 4.79 Å². The Kier molecular flexibility index (Phi) is 4.56. The number of aromatic amines is 1. The number of pyridine rings is 1. The minimum atomic E-state index is -0.161. The molecule has 2 heterocycles. The van der Waals surface area contributed by atoms with Crippen molar-refractivity contribution in [1.29, 1.82) is 0 Å². The van der Waals surface area contributed by atoms with E-state index in [0.29, 0.717) is 23.0 Å². The molecule has 5 rings (SSSR count). The van der Waals surface area contributed by atoms with Crippen molar-refractivity contribution in [3.05, 3.63) is 77.2 Å². The lowest BCUT2D eigenvalue weighted by Gasteiger charge is -2.13. The number of hydrogen-bond donors (Lipinski definition) is 2. The van der Waals surface area contributed by atoms with Crippen molar-refractivity contribution in [2.75, 3.05) is 5.32 Å². The number of H-pyrrole nitrogens is 1. The van der Waals surface area contributed by atoms with Gasteiger partial charge in [0, 0.05) is 12.2 Å². The first-order chi connectivity index (χ1) is 14.3. The maximum Gasteiger partial charge on any atom is 0.262 e. The lowest BCUT2D eigenvalue weighted by atomic mass is 9.99. The lowest BCUT2D eigenvalue weighted by molar-refractivity contribution is 0.744. The molecule has 2 aromatic heterocycles. The summed E-state index contributed by atoms with van der Waals surface area (Å²) < 4.78 is 0. The van der Waals surface area contributed by atoms with E-state index in [-0.39, 0.29) is 5.56 Å². The van der Waals surface area contributed by atoms with E-state index in [1.165, 1.54) is 18.4 Å². The highest BCUT2D eigenvalue weighted by atomic mass is 16.1. The number of aromatic nitrogens is 3. The summed E-state index contributed by atoms with van der Waals surface area (Å²) in [5, 5.41) is 3.88. The smallest absolute Gasteiger partial charge is 0.262 e. The number of hydrogen-bond acceptors (Lipinski definition) is 4. The quantitative estimate of drug-likeness (QED) is 0.521. The summed E-state index contributed by atoms with van der Waals surface area (Å²) in [7, 11) is 0. The Labute approximate surface area is 168 Å². The van der Waals surface area contributed by atoms with E-state index in [0.717, 1.165) is 29.5 Å². The summed E-state index contributed by atoms with van der Waals surface area (Å²) in [6.07, 6.45) is 6.38. The highest BCUT2D eigenvalue weighted by molar-refractivity contribution is 5.92. The predicted octanol–water partition coefficient (Wildman–Crippen LogP) is 5.01. The van der Waals surface area contributed by atoms with Gasteiger partial charge in [0.1, 0.15) is 0 Å². The van der Waals surface area contributed by atoms with Gasteiger partial charge in [-0.2, -0.15) is 4.98 Å². The number of nitrogens with zero attached hydrogens (tertiary/aromatic N) is 2. The summed E-state index contributed by atoms with van der Waals surface area (Å²) in [5.74, 6) is 0.512. The molecule has 0 saturated heterocycles. The molecule has 2 N–H and O–H groups in total. The fourth-order valence-electron chi connectivity index (χ4n) is 4.11. The number of nitrogens with one attached hydrogen (secondary N) is 2. The van der Waals surface area contributed by atoms with Crippen LogP contribution in [-0.2, 0) is 0 Å². The van der Waals surface area contributed by atoms with E-state index in [4.69, 9.17) is 0 Å². The zero-order chi connectivity index (χ0) is 19.6. The largest absolute Gasteiger partial charge is 0.353 e. The van der Waals surface area contributed by atoms with Gasteiger partial charge in [-0.15, -0.1) is 0 Å². The molecule has 0 amide bonds. The zero-order valence-corrected chi connectivity index (χ0v) is 16.1. The molecule has 1 aliphatic rings. The van der Waals surface area contributed by atoms with Gasteiger partial charge < -0.3 is 5.32 Å². The van der Waals surface area contributed by atoms with Crippen molar-refractivity contribution in [3.8, 4) is 22.3 Å². The monoisotopic (exact) mass is 382 g/mol. The van der Waals surface area contributed by atoms with Crippen LogP contribution in [0.5, 0.6) is 0 Å². The molecular formula is C24H22N4O. The average Bonchev–Trinajstić information content (AvgIpc) is 3.27. The Balaban J connectivity index is 1.52. The fourth-order valence-corrected chi connectivity index (χ4v) is 4.11. The van der Waals surface area contributed by atoms with Crippen molar-refractivity contribution in [2.24, 2.45) is 0 Å². The van der Waals surface area contributed by atoms with Crippen LogP contribution in [0.1, 0.15) is 25.7 Å². The Morgan fingerprint density at radius 1 is 0.862 bits per heavy atom. The molecule has 29 heavy (non-hydrogen) atoms. The zero-order valence-electron chi connectivity index (χ0n) is 16.1. The van der Waals surface area contributed by atoms with Crippen molar-refractivity contribution >= 4 is 17.0 Å². The summed E-state index contributed by atoms with van der Waals surface area (Å²) in [4.78, 5) is 24.7. The summed E-state index contributed by atoms with van der Waals surface area (Å²) in [6, 6.07) is 20.7. The van der Waals surface area contributed by atoms with Crippen LogP contribution in [0.2, 0.25) is 0 Å². The summed E-state index contributed by atoms with van der Waals surface area (Å²) in [5.41, 5.74) is 4.44. The molecule has 0 atom stereocenters. The molecule has 5 heteroatoms. The standard InChI is InChI=1S/C24H22N4O/c29-23-21-20(18-12-10-17(11-13-18)16-6-2-1-3-7-16)14-15-25-22(21)27-24(28-23)26-19-8-4-5-9-19/h1-3,6-7,10-15,19H,4-5,8-9H2,(H2,25,26,27,28,29). The van der Waals surface area contributed by atoms with Crippen molar-refractivity contribution in [1.82, 2.24) is 15.0 Å². The number of fused-ring (bicyclic) bond motifs is 1. The third kappa shape index (κ3) is 3.51. The normalized spacial score (nSPS) is 14.3. The second kappa shape index (κ2) is 7.51. The molecule has 4 aromatic rings. The van der Waals surface area contributed by atoms with E-state index in [1.54, 1.807) is 6.20 Å². The first-order valence-corrected chi connectivity index (χ1v) is 10.1. The molecule has 1 fully saturated rings. The molecule has 1 saturated carbocycles. The molecule has 0 spiro atoms. The average molecular weight is 382 g/mol. The Hall–Kier alpha value is -3.47. The van der Waals surface area contributed by atoms with E-state index < -0.39 is 0 Å². The lowest BCUT2D eigenvalue weighted by Crippen LogP contribution is -2.20. The van der Waals surface area contributed by atoms with Gasteiger partial charge in [0.2, 0.25) is 5.95 Å². The van der Waals surface area contributed by atoms with Gasteiger partial charge in [-0.05, 0) is 41.2 Å². The number of anilines is 1. The molecule has 1 aliphatic carbocycles. The Morgan fingerprint density at radius 3 is 2.31 bits per heavy atom. The van der Waals surface area contributed by atoms with Gasteiger partial charge in [-0.1, -0.05) is 67.4 Å². The van der Waals surface area contributed by atoms with Gasteiger partial charge in [0.25, 0.3) is 5.56 Å². The van der Waals surface area contributed by atoms with Crippen molar-refractivity contribution in [2.45, 2.75) is 31.7 Å². The van der Waals surface area contributed by atoms with Crippen molar-refractivity contribution < 1.29 is 0 Å². The second-order valence-electron chi connectivity index (χ2n) is 7.54. The topological polar surface area (TPSA) is 70.7 Å². The van der Waals surface area contributed by atoms with Crippen LogP contribution in [0.3, 0.4) is 0 Å². The molecule has 144 valence electrons. The van der Waals surface area contributed by atoms with Crippen LogP contribution in [-0.4, -0.2) is 21.0 Å². The SMILES string of the molecule is O=c1[nH]c(NC2CCCC2)nc2nccc(-c3ccc(-c4ccccc4)cc3)c12. The van der Waals surface area contributed by atoms with Crippen LogP contribution in [0.15, 0.2) is 71.7 Å². The maximum absolute atomic E-state index is 12.9. The molecule has 0 bridgehead atoms. The van der Waals surface area contributed by atoms with Gasteiger partial charge in [-0.25, -0.2) is 4.98 Å². The summed E-state index contributed by atoms with van der Waals surface area (Å²) in [6.45, 7) is 0. The molecule has 2 aromatic carbocycles. The first-order valence-electron chi connectivity index (χ1n) is 10.1. The first kappa shape index (κ1) is 17.6. The predicted molar refractivity (Wildman–Crippen MR) is 117 cm³/mol. The Bertz CT molecular complexity index is 1190. The molecule has 0 radical (unpaired) electrons. The van der Waals surface area contributed by atoms with Crippen LogP contribution < -0.4 is 10.9 Å². The maximum atomic E-state index is 12.9. The minimum Gasteiger partial charge on any atom is -0.353 e. The van der Waals surface area contributed by atoms with E-state index in [2.05, 4.69) is 44.5 Å². The summed E-state index contributed by atoms with van der Waals surface area (Å²) >= 11 is 0. The second-order valence-corrected chi connectivity index (χ2v) is 7.54. The van der Waals surface area contributed by atoms with Crippen LogP contribution in [0.25, 0.3) is 33.3 Å². The van der Waals surface area contributed by atoms with Gasteiger partial charge in [0.15, 0.2) is 5.65 Å². The van der Waals surface area contributed by atoms with Gasteiger partial charge >= 0.3 is 0 Å². The fraction of sp³-hybridized carbons (Fsp3) is 0.208. The molecule has 0 aliphatic heterocycles. The van der Waals surface area contributed by atoms with Crippen LogP contribution in [0, 0.1) is 0 Å². The molecule has 5 nitrogen and oxygen atoms in total. The van der Waals surface area contributed by atoms with Gasteiger partial charge in [0.05, 0.1) is 5.39 Å². The number of rotatable bonds is 4. The third-order valence-electron chi connectivity index (χ3n) is 5.61. The van der Waals surface area contributed by atoms with E-state index >= 15 is 0 Å². The highest BCUT2D eigenvalue weighted by Crippen LogP contribution is 2.28. The van der Waals surface area contributed by atoms with Gasteiger partial charge in [-0.3, -0.25) is 9.78 Å². The van der Waals surface area contributed by atoms with Crippen molar-refractivity contribution in [3.63, 3.8) is 0 Å². The minimum absolute atomic E-state index is 0.161. The Morgan fingerprint density at radius 2 is 1.55 bits per heavy atom. The van der Waals surface area contributed by atoms with Crippen LogP contribution in [0.4, 0.5) is 5.95 Å². The van der Waals surface area contributed by atoms with Crippen LogP contribution >= 0.6 is 0 Å². The van der Waals surface area contributed by atoms with E-state index in [1.807, 2.05) is 36.4 Å². The highest BCUT2D eigenvalue weighted by Gasteiger charge is 2.17. The third-order valence-corrected chi connectivity index (χ3v) is 5.61. The molecular weight excluding hydrogens is 360 g/mol. The number of benzene rings is 2. The molecule has 0 unspecified atom stereocenters.